The number of hydrogen-bond acceptors (Lipinski definition) is 8. The summed E-state index contributed by atoms with van der Waals surface area (Å²) in [5.41, 5.74) is 6.49. The van der Waals surface area contributed by atoms with Crippen molar-refractivity contribution in [1.82, 2.24) is 25.0 Å². The second kappa shape index (κ2) is 4.12. The first-order chi connectivity index (χ1) is 8.70. The molecule has 1 aliphatic rings. The van der Waals surface area contributed by atoms with E-state index in [-0.39, 0.29) is 12.4 Å². The largest absolute Gasteiger partial charge is 0.394 e. The molecule has 9 nitrogen and oxygen atoms in total. The molecule has 0 aliphatic carbocycles. The summed E-state index contributed by atoms with van der Waals surface area (Å²) in [7, 11) is 0. The molecule has 0 aromatic carbocycles. The first-order valence-corrected chi connectivity index (χ1v) is 5.46. The van der Waals surface area contributed by atoms with Gasteiger partial charge in [0.1, 0.15) is 12.4 Å². The summed E-state index contributed by atoms with van der Waals surface area (Å²) in [4.78, 5) is 7.86. The lowest BCUT2D eigenvalue weighted by molar-refractivity contribution is -0.0476. The van der Waals surface area contributed by atoms with E-state index >= 15 is 0 Å². The molecule has 3 heterocycles. The van der Waals surface area contributed by atoms with Crippen molar-refractivity contribution in [3.63, 3.8) is 0 Å². The van der Waals surface area contributed by atoms with Gasteiger partial charge in [0.25, 0.3) is 0 Å². The van der Waals surface area contributed by atoms with Crippen molar-refractivity contribution in [1.29, 1.82) is 0 Å². The highest BCUT2D eigenvalue weighted by Crippen LogP contribution is 2.29. The number of anilines is 1. The van der Waals surface area contributed by atoms with Gasteiger partial charge in [-0.3, -0.25) is 0 Å². The van der Waals surface area contributed by atoms with Crippen LogP contribution in [0.5, 0.6) is 0 Å². The molecule has 1 aliphatic heterocycles. The van der Waals surface area contributed by atoms with Crippen LogP contribution in [-0.2, 0) is 4.74 Å². The standard InChI is InChI=1S/C9H12N6O3/c10-8-7-9(12-3-11-8)15(14-13-7)6-1-4(17)5(2-16)18-6/h3-6,16-17H,1-2H2,(H2,10,11,12)/t4-,5+,6+/m0/s1. The lowest BCUT2D eigenvalue weighted by Gasteiger charge is -2.11. The maximum atomic E-state index is 9.68. The lowest BCUT2D eigenvalue weighted by atomic mass is 10.2. The second-order valence-corrected chi connectivity index (χ2v) is 4.08. The van der Waals surface area contributed by atoms with E-state index in [0.29, 0.717) is 17.6 Å². The molecule has 3 atom stereocenters. The smallest absolute Gasteiger partial charge is 0.186 e. The Morgan fingerprint density at radius 2 is 2.33 bits per heavy atom. The van der Waals surface area contributed by atoms with E-state index in [1.165, 1.54) is 11.0 Å². The Morgan fingerprint density at radius 3 is 3.06 bits per heavy atom. The van der Waals surface area contributed by atoms with E-state index in [1.54, 1.807) is 0 Å². The maximum absolute atomic E-state index is 9.68. The normalized spacial score (nSPS) is 28.0. The molecule has 2 aromatic rings. The van der Waals surface area contributed by atoms with Crippen LogP contribution >= 0.6 is 0 Å². The van der Waals surface area contributed by atoms with Crippen molar-refractivity contribution >= 4 is 17.0 Å². The van der Waals surface area contributed by atoms with Crippen LogP contribution in [0, 0.1) is 0 Å². The second-order valence-electron chi connectivity index (χ2n) is 4.08. The fraction of sp³-hybridized carbons (Fsp3) is 0.556. The molecule has 2 aromatic heterocycles. The molecule has 1 saturated heterocycles. The van der Waals surface area contributed by atoms with E-state index in [9.17, 15) is 5.11 Å². The number of aliphatic hydroxyl groups excluding tert-OH is 2. The number of nitrogens with two attached hydrogens (primary N) is 1. The molecular formula is C9H12N6O3. The minimum Gasteiger partial charge on any atom is -0.394 e. The van der Waals surface area contributed by atoms with Gasteiger partial charge in [0, 0.05) is 6.42 Å². The Bertz CT molecular complexity index is 572. The summed E-state index contributed by atoms with van der Waals surface area (Å²) in [6.07, 6.45) is -0.247. The number of nitrogens with zero attached hydrogens (tertiary/aromatic N) is 5. The summed E-state index contributed by atoms with van der Waals surface area (Å²) in [6.45, 7) is -0.249. The van der Waals surface area contributed by atoms with Crippen LogP contribution in [0.1, 0.15) is 12.6 Å². The van der Waals surface area contributed by atoms with Crippen LogP contribution in [0.2, 0.25) is 0 Å². The van der Waals surface area contributed by atoms with Gasteiger partial charge in [-0.15, -0.1) is 5.10 Å². The van der Waals surface area contributed by atoms with Crippen molar-refractivity contribution < 1.29 is 14.9 Å². The molecule has 96 valence electrons. The number of aliphatic hydroxyl groups is 2. The highest BCUT2D eigenvalue weighted by molar-refractivity contribution is 5.80. The molecule has 9 heteroatoms. The number of ether oxygens (including phenoxy) is 1. The van der Waals surface area contributed by atoms with Gasteiger partial charge in [-0.2, -0.15) is 4.68 Å². The number of hydrogen-bond donors (Lipinski definition) is 3. The average Bonchev–Trinajstić information content (AvgIpc) is 2.93. The van der Waals surface area contributed by atoms with Gasteiger partial charge < -0.3 is 20.7 Å². The molecule has 18 heavy (non-hydrogen) atoms. The molecule has 4 N–H and O–H groups in total. The molecule has 1 fully saturated rings. The first kappa shape index (κ1) is 11.3. The predicted octanol–water partition coefficient (Wildman–Crippen LogP) is -1.56. The van der Waals surface area contributed by atoms with Gasteiger partial charge in [0.15, 0.2) is 23.2 Å². The minimum atomic E-state index is -0.738. The van der Waals surface area contributed by atoms with Crippen LogP contribution in [0.3, 0.4) is 0 Å². The van der Waals surface area contributed by atoms with Gasteiger partial charge in [0.2, 0.25) is 0 Å². The van der Waals surface area contributed by atoms with Crippen LogP contribution in [0.15, 0.2) is 6.33 Å². The monoisotopic (exact) mass is 252 g/mol. The van der Waals surface area contributed by atoms with Crippen molar-refractivity contribution in [3.05, 3.63) is 6.33 Å². The van der Waals surface area contributed by atoms with Gasteiger partial charge in [-0.1, -0.05) is 5.21 Å². The van der Waals surface area contributed by atoms with Crippen molar-refractivity contribution in [3.8, 4) is 0 Å². The third kappa shape index (κ3) is 1.60. The lowest BCUT2D eigenvalue weighted by Crippen LogP contribution is -2.24. The number of aromatic nitrogens is 5. The summed E-state index contributed by atoms with van der Waals surface area (Å²) >= 11 is 0. The first-order valence-electron chi connectivity index (χ1n) is 5.46. The fourth-order valence-corrected chi connectivity index (χ4v) is 2.00. The predicted molar refractivity (Wildman–Crippen MR) is 59.2 cm³/mol. The summed E-state index contributed by atoms with van der Waals surface area (Å²) < 4.78 is 6.91. The van der Waals surface area contributed by atoms with Crippen molar-refractivity contribution in [2.45, 2.75) is 24.9 Å². The third-order valence-electron chi connectivity index (χ3n) is 2.95. The van der Waals surface area contributed by atoms with Gasteiger partial charge in [-0.25, -0.2) is 9.97 Å². The SMILES string of the molecule is Nc1ncnc2c1nnn2[C@H]1C[C@H](O)[C@@H](CO)O1. The summed E-state index contributed by atoms with van der Waals surface area (Å²) in [5, 5.41) is 26.5. The van der Waals surface area contributed by atoms with Gasteiger partial charge in [0.05, 0.1) is 12.7 Å². The summed E-state index contributed by atoms with van der Waals surface area (Å²) in [6, 6.07) is 0. The zero-order valence-electron chi connectivity index (χ0n) is 9.34. The maximum Gasteiger partial charge on any atom is 0.186 e. The van der Waals surface area contributed by atoms with Crippen molar-refractivity contribution in [2.24, 2.45) is 0 Å². The molecular weight excluding hydrogens is 240 g/mol. The number of rotatable bonds is 2. The Morgan fingerprint density at radius 1 is 1.50 bits per heavy atom. The summed E-state index contributed by atoms with van der Waals surface area (Å²) in [5.74, 6) is 0.239. The van der Waals surface area contributed by atoms with E-state index in [0.717, 1.165) is 0 Å². The number of nitrogen functional groups attached to an aromatic ring is 1. The van der Waals surface area contributed by atoms with Gasteiger partial charge >= 0.3 is 0 Å². The molecule has 0 bridgehead atoms. The zero-order valence-corrected chi connectivity index (χ0v) is 9.34. The van der Waals surface area contributed by atoms with E-state index in [4.69, 9.17) is 15.6 Å². The van der Waals surface area contributed by atoms with E-state index in [2.05, 4.69) is 20.3 Å². The highest BCUT2D eigenvalue weighted by Gasteiger charge is 2.36. The van der Waals surface area contributed by atoms with E-state index in [1.807, 2.05) is 0 Å². The third-order valence-corrected chi connectivity index (χ3v) is 2.95. The molecule has 0 radical (unpaired) electrons. The van der Waals surface area contributed by atoms with Crippen molar-refractivity contribution in [2.75, 3.05) is 12.3 Å². The topological polar surface area (TPSA) is 132 Å². The average molecular weight is 252 g/mol. The van der Waals surface area contributed by atoms with E-state index < -0.39 is 18.4 Å². The van der Waals surface area contributed by atoms with Crippen LogP contribution in [0.25, 0.3) is 11.2 Å². The Hall–Kier alpha value is -1.84. The minimum absolute atomic E-state index is 0.239. The van der Waals surface area contributed by atoms with Gasteiger partial charge in [-0.05, 0) is 0 Å². The van der Waals surface area contributed by atoms with Crippen LogP contribution in [0.4, 0.5) is 5.82 Å². The van der Waals surface area contributed by atoms with Crippen LogP contribution in [-0.4, -0.2) is 54.0 Å². The molecule has 0 spiro atoms. The Kier molecular flexibility index (Phi) is 2.58. The quantitative estimate of drug-likeness (QED) is 0.584. The zero-order chi connectivity index (χ0) is 12.7. The number of fused-ring (bicyclic) bond motifs is 1. The molecule has 3 rings (SSSR count). The molecule has 0 amide bonds. The Balaban J connectivity index is 1.99. The fourth-order valence-electron chi connectivity index (χ4n) is 2.00. The highest BCUT2D eigenvalue weighted by atomic mass is 16.5. The molecule has 0 unspecified atom stereocenters. The molecule has 0 saturated carbocycles. The van der Waals surface area contributed by atoms with Crippen LogP contribution < -0.4 is 5.73 Å². The Labute approximate surface area is 101 Å².